The number of hydrogen-bond donors (Lipinski definition) is 1. The molecular formula is C14H23NS. The average molecular weight is 237 g/mol. The second-order valence-electron chi connectivity index (χ2n) is 5.13. The number of nitrogens with one attached hydrogen (secondary N) is 1. The van der Waals surface area contributed by atoms with Crippen LogP contribution in [0.4, 0.5) is 0 Å². The highest BCUT2D eigenvalue weighted by molar-refractivity contribution is 7.07. The topological polar surface area (TPSA) is 12.0 Å². The van der Waals surface area contributed by atoms with Gasteiger partial charge in [0.05, 0.1) is 0 Å². The average Bonchev–Trinajstić information content (AvgIpc) is 2.83. The SMILES string of the molecule is CC(N[C@@H](C)C1CCCCC1)c1ccsc1. The smallest absolute Gasteiger partial charge is 0.0302 e. The largest absolute Gasteiger partial charge is 0.307 e. The molecule has 1 aliphatic rings. The maximum Gasteiger partial charge on any atom is 0.0302 e. The Hall–Kier alpha value is -0.340. The Kier molecular flexibility index (Phi) is 4.42. The van der Waals surface area contributed by atoms with Crippen molar-refractivity contribution in [2.45, 2.75) is 58.0 Å². The third-order valence-corrected chi connectivity index (χ3v) is 4.61. The molecule has 2 rings (SSSR count). The first kappa shape index (κ1) is 12.1. The van der Waals surface area contributed by atoms with Crippen LogP contribution in [-0.4, -0.2) is 6.04 Å². The molecule has 1 N–H and O–H groups in total. The van der Waals surface area contributed by atoms with E-state index in [1.54, 1.807) is 11.3 Å². The minimum Gasteiger partial charge on any atom is -0.307 e. The highest BCUT2D eigenvalue weighted by Gasteiger charge is 2.21. The van der Waals surface area contributed by atoms with Gasteiger partial charge in [0.1, 0.15) is 0 Å². The van der Waals surface area contributed by atoms with Crippen LogP contribution in [0, 0.1) is 5.92 Å². The van der Waals surface area contributed by atoms with Crippen LogP contribution in [0.25, 0.3) is 0 Å². The molecule has 0 bridgehead atoms. The molecule has 1 aromatic heterocycles. The normalized spacial score (nSPS) is 21.9. The summed E-state index contributed by atoms with van der Waals surface area (Å²) in [7, 11) is 0. The van der Waals surface area contributed by atoms with Crippen molar-refractivity contribution >= 4 is 11.3 Å². The Labute approximate surface area is 103 Å². The summed E-state index contributed by atoms with van der Waals surface area (Å²) >= 11 is 1.79. The quantitative estimate of drug-likeness (QED) is 0.820. The molecule has 0 aromatic carbocycles. The van der Waals surface area contributed by atoms with Gasteiger partial charge in [0, 0.05) is 12.1 Å². The van der Waals surface area contributed by atoms with Gasteiger partial charge in [-0.3, -0.25) is 0 Å². The second kappa shape index (κ2) is 5.83. The van der Waals surface area contributed by atoms with Gasteiger partial charge in [-0.25, -0.2) is 0 Å². The van der Waals surface area contributed by atoms with E-state index in [1.807, 2.05) is 0 Å². The highest BCUT2D eigenvalue weighted by Crippen LogP contribution is 2.27. The molecule has 1 unspecified atom stereocenters. The fourth-order valence-electron chi connectivity index (χ4n) is 2.78. The van der Waals surface area contributed by atoms with Crippen molar-refractivity contribution in [3.05, 3.63) is 22.4 Å². The summed E-state index contributed by atoms with van der Waals surface area (Å²) in [6, 6.07) is 3.40. The summed E-state index contributed by atoms with van der Waals surface area (Å²) in [5, 5.41) is 8.18. The number of hydrogen-bond acceptors (Lipinski definition) is 2. The predicted molar refractivity (Wildman–Crippen MR) is 71.9 cm³/mol. The van der Waals surface area contributed by atoms with E-state index in [-0.39, 0.29) is 0 Å². The summed E-state index contributed by atoms with van der Waals surface area (Å²) in [6.45, 7) is 4.64. The van der Waals surface area contributed by atoms with Crippen molar-refractivity contribution in [1.82, 2.24) is 5.32 Å². The Balaban J connectivity index is 1.84. The van der Waals surface area contributed by atoms with E-state index in [9.17, 15) is 0 Å². The third kappa shape index (κ3) is 3.08. The van der Waals surface area contributed by atoms with Gasteiger partial charge in [0.25, 0.3) is 0 Å². The zero-order chi connectivity index (χ0) is 11.4. The van der Waals surface area contributed by atoms with Crippen LogP contribution in [-0.2, 0) is 0 Å². The maximum atomic E-state index is 3.76. The summed E-state index contributed by atoms with van der Waals surface area (Å²) in [5.41, 5.74) is 1.44. The maximum absolute atomic E-state index is 3.76. The molecule has 1 saturated carbocycles. The molecule has 16 heavy (non-hydrogen) atoms. The van der Waals surface area contributed by atoms with Gasteiger partial charge in [-0.2, -0.15) is 11.3 Å². The minimum atomic E-state index is 0.503. The Morgan fingerprint density at radius 1 is 1.25 bits per heavy atom. The van der Waals surface area contributed by atoms with Gasteiger partial charge >= 0.3 is 0 Å². The molecule has 1 fully saturated rings. The van der Waals surface area contributed by atoms with E-state index in [0.29, 0.717) is 12.1 Å². The molecule has 2 atom stereocenters. The third-order valence-electron chi connectivity index (χ3n) is 3.91. The summed E-state index contributed by atoms with van der Waals surface area (Å²) in [4.78, 5) is 0. The molecule has 0 radical (unpaired) electrons. The van der Waals surface area contributed by atoms with E-state index in [2.05, 4.69) is 36.0 Å². The second-order valence-corrected chi connectivity index (χ2v) is 5.91. The van der Waals surface area contributed by atoms with Gasteiger partial charge in [-0.15, -0.1) is 0 Å². The first-order chi connectivity index (χ1) is 7.77. The monoisotopic (exact) mass is 237 g/mol. The lowest BCUT2D eigenvalue weighted by molar-refractivity contribution is 0.268. The molecule has 0 spiro atoms. The zero-order valence-electron chi connectivity index (χ0n) is 10.4. The Morgan fingerprint density at radius 3 is 2.62 bits per heavy atom. The van der Waals surface area contributed by atoms with Crippen LogP contribution in [0.5, 0.6) is 0 Å². The fourth-order valence-corrected chi connectivity index (χ4v) is 3.54. The first-order valence-corrected chi connectivity index (χ1v) is 7.50. The fraction of sp³-hybridized carbons (Fsp3) is 0.714. The van der Waals surface area contributed by atoms with Gasteiger partial charge in [-0.1, -0.05) is 19.3 Å². The van der Waals surface area contributed by atoms with Crippen LogP contribution in [0.15, 0.2) is 16.8 Å². The standard InChI is InChI=1S/C14H23NS/c1-11(13-6-4-3-5-7-13)15-12(2)14-8-9-16-10-14/h8-13,15H,3-7H2,1-2H3/t11-,12?/m0/s1. The molecule has 1 aromatic rings. The van der Waals surface area contributed by atoms with Crippen molar-refractivity contribution in [3.63, 3.8) is 0 Å². The van der Waals surface area contributed by atoms with Crippen LogP contribution in [0.1, 0.15) is 57.6 Å². The van der Waals surface area contributed by atoms with Crippen molar-refractivity contribution in [1.29, 1.82) is 0 Å². The molecule has 0 saturated heterocycles. The Bertz CT molecular complexity index is 288. The van der Waals surface area contributed by atoms with E-state index < -0.39 is 0 Å². The molecule has 90 valence electrons. The van der Waals surface area contributed by atoms with Gasteiger partial charge < -0.3 is 5.32 Å². The molecule has 0 aliphatic heterocycles. The van der Waals surface area contributed by atoms with E-state index in [1.165, 1.54) is 37.7 Å². The van der Waals surface area contributed by atoms with E-state index in [4.69, 9.17) is 0 Å². The van der Waals surface area contributed by atoms with Gasteiger partial charge in [0.15, 0.2) is 0 Å². The minimum absolute atomic E-state index is 0.503. The van der Waals surface area contributed by atoms with Crippen molar-refractivity contribution in [3.8, 4) is 0 Å². The molecule has 2 heteroatoms. The zero-order valence-corrected chi connectivity index (χ0v) is 11.2. The lowest BCUT2D eigenvalue weighted by Crippen LogP contribution is -2.36. The van der Waals surface area contributed by atoms with Crippen molar-refractivity contribution < 1.29 is 0 Å². The van der Waals surface area contributed by atoms with Crippen LogP contribution in [0.2, 0.25) is 0 Å². The molecular weight excluding hydrogens is 214 g/mol. The van der Waals surface area contributed by atoms with E-state index in [0.717, 1.165) is 5.92 Å². The summed E-state index contributed by atoms with van der Waals surface area (Å²) in [5.74, 6) is 0.898. The van der Waals surface area contributed by atoms with Gasteiger partial charge in [0.2, 0.25) is 0 Å². The first-order valence-electron chi connectivity index (χ1n) is 6.55. The van der Waals surface area contributed by atoms with Crippen molar-refractivity contribution in [2.24, 2.45) is 5.92 Å². The lowest BCUT2D eigenvalue weighted by atomic mass is 9.84. The van der Waals surface area contributed by atoms with E-state index >= 15 is 0 Å². The molecule has 1 nitrogen and oxygen atoms in total. The lowest BCUT2D eigenvalue weighted by Gasteiger charge is -2.30. The summed E-state index contributed by atoms with van der Waals surface area (Å²) < 4.78 is 0. The predicted octanol–water partition coefficient (Wildman–Crippen LogP) is 4.37. The molecule has 1 aliphatic carbocycles. The summed E-state index contributed by atoms with van der Waals surface area (Å²) in [6.07, 6.45) is 7.16. The molecule has 0 amide bonds. The number of thiophene rings is 1. The molecule has 1 heterocycles. The number of rotatable bonds is 4. The van der Waals surface area contributed by atoms with Crippen LogP contribution < -0.4 is 5.32 Å². The van der Waals surface area contributed by atoms with Gasteiger partial charge in [-0.05, 0) is 55.0 Å². The van der Waals surface area contributed by atoms with Crippen molar-refractivity contribution in [2.75, 3.05) is 0 Å². The van der Waals surface area contributed by atoms with Crippen LogP contribution in [0.3, 0.4) is 0 Å². The van der Waals surface area contributed by atoms with Crippen LogP contribution >= 0.6 is 11.3 Å². The Morgan fingerprint density at radius 2 is 2.00 bits per heavy atom. The highest BCUT2D eigenvalue weighted by atomic mass is 32.1.